The van der Waals surface area contributed by atoms with Crippen LogP contribution in [0.25, 0.3) is 0 Å². The standard InChI is InChI=1S/C22H28N4O3/c1-25(2)21-23-13-15-8-10-22(19(15)24-21)9-5-11-26(14-22)20(27)17-7-6-16(28-3)12-18(17)29-4/h6-7,12-13H,5,8-11,14H2,1-4H3. The van der Waals surface area contributed by atoms with Crippen molar-refractivity contribution in [2.45, 2.75) is 31.1 Å². The molecule has 0 bridgehead atoms. The molecule has 2 aliphatic rings. The number of rotatable bonds is 4. The van der Waals surface area contributed by atoms with Gasteiger partial charge in [0.1, 0.15) is 11.5 Å². The number of likely N-dealkylation sites (tertiary alicyclic amines) is 1. The molecule has 1 atom stereocenters. The first-order valence-electron chi connectivity index (χ1n) is 10.0. The van der Waals surface area contributed by atoms with Crippen molar-refractivity contribution in [2.75, 3.05) is 46.3 Å². The monoisotopic (exact) mass is 396 g/mol. The number of anilines is 1. The van der Waals surface area contributed by atoms with Gasteiger partial charge in [0.05, 0.1) is 25.5 Å². The topological polar surface area (TPSA) is 67.8 Å². The summed E-state index contributed by atoms with van der Waals surface area (Å²) < 4.78 is 10.7. The number of hydrogen-bond donors (Lipinski definition) is 0. The molecule has 0 radical (unpaired) electrons. The number of aromatic nitrogens is 2. The van der Waals surface area contributed by atoms with Crippen molar-refractivity contribution in [3.63, 3.8) is 0 Å². The SMILES string of the molecule is COc1ccc(C(=O)N2CCCC3(CCc4cnc(N(C)C)nc43)C2)c(OC)c1. The maximum Gasteiger partial charge on any atom is 0.257 e. The molecule has 1 aromatic heterocycles. The molecule has 1 spiro atoms. The van der Waals surface area contributed by atoms with E-state index in [0.29, 0.717) is 23.6 Å². The molecule has 1 unspecified atom stereocenters. The molecule has 1 aromatic carbocycles. The Morgan fingerprint density at radius 3 is 2.76 bits per heavy atom. The van der Waals surface area contributed by atoms with Gasteiger partial charge in [0, 0.05) is 44.9 Å². The third-order valence-corrected chi connectivity index (χ3v) is 6.13. The van der Waals surface area contributed by atoms with Crippen LogP contribution in [-0.4, -0.2) is 62.2 Å². The van der Waals surface area contributed by atoms with Gasteiger partial charge in [0.2, 0.25) is 5.95 Å². The van der Waals surface area contributed by atoms with Crippen LogP contribution in [0.15, 0.2) is 24.4 Å². The zero-order valence-corrected chi connectivity index (χ0v) is 17.6. The summed E-state index contributed by atoms with van der Waals surface area (Å²) in [5, 5.41) is 0. The number of carbonyl (C=O) groups is 1. The number of nitrogens with zero attached hydrogens (tertiary/aromatic N) is 4. The normalized spacial score (nSPS) is 20.5. The van der Waals surface area contributed by atoms with E-state index >= 15 is 0 Å². The second kappa shape index (κ2) is 7.54. The van der Waals surface area contributed by atoms with Crippen molar-refractivity contribution in [1.29, 1.82) is 0 Å². The third-order valence-electron chi connectivity index (χ3n) is 6.13. The molecule has 2 heterocycles. The Bertz CT molecular complexity index is 926. The van der Waals surface area contributed by atoms with E-state index in [-0.39, 0.29) is 11.3 Å². The Morgan fingerprint density at radius 2 is 2.03 bits per heavy atom. The average molecular weight is 396 g/mol. The predicted octanol–water partition coefficient (Wildman–Crippen LogP) is 2.68. The van der Waals surface area contributed by atoms with Crippen LogP contribution in [0.1, 0.15) is 40.9 Å². The van der Waals surface area contributed by atoms with Crippen LogP contribution in [0.5, 0.6) is 11.5 Å². The van der Waals surface area contributed by atoms with E-state index < -0.39 is 0 Å². The minimum atomic E-state index is -0.0867. The lowest BCUT2D eigenvalue weighted by atomic mass is 9.77. The first kappa shape index (κ1) is 19.5. The Morgan fingerprint density at radius 1 is 1.21 bits per heavy atom. The third kappa shape index (κ3) is 3.39. The number of benzene rings is 1. The van der Waals surface area contributed by atoms with Gasteiger partial charge in [-0.05, 0) is 43.4 Å². The van der Waals surface area contributed by atoms with Gasteiger partial charge in [0.15, 0.2) is 0 Å². The highest BCUT2D eigenvalue weighted by atomic mass is 16.5. The van der Waals surface area contributed by atoms with Gasteiger partial charge in [-0.1, -0.05) is 0 Å². The van der Waals surface area contributed by atoms with Crippen LogP contribution in [0, 0.1) is 0 Å². The Hall–Kier alpha value is -2.83. The maximum absolute atomic E-state index is 13.4. The zero-order valence-electron chi connectivity index (χ0n) is 17.6. The molecule has 4 rings (SSSR count). The summed E-state index contributed by atoms with van der Waals surface area (Å²) >= 11 is 0. The fraction of sp³-hybridized carbons (Fsp3) is 0.500. The second-order valence-corrected chi connectivity index (χ2v) is 8.12. The van der Waals surface area contributed by atoms with E-state index in [4.69, 9.17) is 14.5 Å². The van der Waals surface area contributed by atoms with E-state index in [9.17, 15) is 4.79 Å². The molecule has 1 saturated heterocycles. The molecule has 1 aliphatic carbocycles. The Labute approximate surface area is 171 Å². The number of ether oxygens (including phenoxy) is 2. The van der Waals surface area contributed by atoms with Crippen molar-refractivity contribution < 1.29 is 14.3 Å². The molecule has 2 aromatic rings. The summed E-state index contributed by atoms with van der Waals surface area (Å²) in [5.74, 6) is 1.94. The van der Waals surface area contributed by atoms with Crippen molar-refractivity contribution in [3.05, 3.63) is 41.2 Å². The second-order valence-electron chi connectivity index (χ2n) is 8.12. The van der Waals surface area contributed by atoms with Crippen LogP contribution < -0.4 is 14.4 Å². The minimum absolute atomic E-state index is 0.00100. The summed E-state index contributed by atoms with van der Waals surface area (Å²) in [6.07, 6.45) is 5.95. The smallest absolute Gasteiger partial charge is 0.257 e. The van der Waals surface area contributed by atoms with Crippen molar-refractivity contribution in [3.8, 4) is 11.5 Å². The Balaban J connectivity index is 1.64. The van der Waals surface area contributed by atoms with E-state index in [1.54, 1.807) is 32.4 Å². The number of piperidine rings is 1. The number of carbonyl (C=O) groups excluding carboxylic acids is 1. The van der Waals surface area contributed by atoms with Gasteiger partial charge >= 0.3 is 0 Å². The highest BCUT2D eigenvalue weighted by Gasteiger charge is 2.45. The summed E-state index contributed by atoms with van der Waals surface area (Å²) in [6, 6.07) is 5.35. The van der Waals surface area contributed by atoms with Gasteiger partial charge in [0.25, 0.3) is 5.91 Å². The summed E-state index contributed by atoms with van der Waals surface area (Å²) in [6.45, 7) is 1.43. The molecule has 0 saturated carbocycles. The van der Waals surface area contributed by atoms with Gasteiger partial charge in [-0.3, -0.25) is 4.79 Å². The molecule has 7 heteroatoms. The first-order valence-corrected chi connectivity index (χ1v) is 10.0. The lowest BCUT2D eigenvalue weighted by molar-refractivity contribution is 0.0630. The summed E-state index contributed by atoms with van der Waals surface area (Å²) in [4.78, 5) is 26.6. The lowest BCUT2D eigenvalue weighted by Gasteiger charge is -2.40. The molecule has 1 amide bonds. The fourth-order valence-corrected chi connectivity index (χ4v) is 4.60. The summed E-state index contributed by atoms with van der Waals surface area (Å²) in [5.41, 5.74) is 2.82. The maximum atomic E-state index is 13.4. The van der Waals surface area contributed by atoms with Crippen molar-refractivity contribution >= 4 is 11.9 Å². The van der Waals surface area contributed by atoms with Crippen LogP contribution in [0.4, 0.5) is 5.95 Å². The number of amides is 1. The predicted molar refractivity (Wildman–Crippen MR) is 111 cm³/mol. The van der Waals surface area contributed by atoms with E-state index in [1.165, 1.54) is 5.56 Å². The minimum Gasteiger partial charge on any atom is -0.497 e. The van der Waals surface area contributed by atoms with Gasteiger partial charge in [-0.25, -0.2) is 9.97 Å². The van der Waals surface area contributed by atoms with Gasteiger partial charge < -0.3 is 19.3 Å². The molecule has 1 aliphatic heterocycles. The van der Waals surface area contributed by atoms with Crippen LogP contribution >= 0.6 is 0 Å². The average Bonchev–Trinajstić information content (AvgIpc) is 3.09. The van der Waals surface area contributed by atoms with Crippen LogP contribution in [-0.2, 0) is 11.8 Å². The molecule has 0 N–H and O–H groups in total. The molecule has 154 valence electrons. The van der Waals surface area contributed by atoms with Crippen molar-refractivity contribution in [2.24, 2.45) is 0 Å². The highest BCUT2D eigenvalue weighted by Crippen LogP contribution is 2.44. The van der Waals surface area contributed by atoms with Gasteiger partial charge in [-0.15, -0.1) is 0 Å². The zero-order chi connectivity index (χ0) is 20.6. The van der Waals surface area contributed by atoms with E-state index in [1.807, 2.05) is 30.1 Å². The van der Waals surface area contributed by atoms with Crippen molar-refractivity contribution in [1.82, 2.24) is 14.9 Å². The number of hydrogen-bond acceptors (Lipinski definition) is 6. The Kier molecular flexibility index (Phi) is 5.06. The fourth-order valence-electron chi connectivity index (χ4n) is 4.60. The number of fused-ring (bicyclic) bond motifs is 2. The highest BCUT2D eigenvalue weighted by molar-refractivity contribution is 5.97. The lowest BCUT2D eigenvalue weighted by Crippen LogP contribution is -2.48. The number of methoxy groups -OCH3 is 2. The number of aryl methyl sites for hydroxylation is 1. The van der Waals surface area contributed by atoms with Crippen LogP contribution in [0.3, 0.4) is 0 Å². The summed E-state index contributed by atoms with van der Waals surface area (Å²) in [7, 11) is 7.09. The first-order chi connectivity index (χ1) is 14.0. The molecule has 1 fully saturated rings. The quantitative estimate of drug-likeness (QED) is 0.792. The molecule has 7 nitrogen and oxygen atoms in total. The molecular formula is C22H28N4O3. The van der Waals surface area contributed by atoms with Gasteiger partial charge in [-0.2, -0.15) is 0 Å². The van der Waals surface area contributed by atoms with E-state index in [0.717, 1.165) is 43.9 Å². The molecule has 29 heavy (non-hydrogen) atoms. The molecular weight excluding hydrogens is 368 g/mol. The van der Waals surface area contributed by atoms with E-state index in [2.05, 4.69) is 4.98 Å². The largest absolute Gasteiger partial charge is 0.497 e. The van der Waals surface area contributed by atoms with Crippen LogP contribution in [0.2, 0.25) is 0 Å².